The lowest BCUT2D eigenvalue weighted by Crippen LogP contribution is -2.69. The predicted molar refractivity (Wildman–Crippen MR) is 161 cm³/mol. The van der Waals surface area contributed by atoms with Crippen molar-refractivity contribution in [2.75, 3.05) is 6.54 Å². The fraction of sp³-hybridized carbons (Fsp3) is 0.419. The van der Waals surface area contributed by atoms with Gasteiger partial charge in [-0.05, 0) is 48.2 Å². The summed E-state index contributed by atoms with van der Waals surface area (Å²) in [5.74, 6) is -3.71. The van der Waals surface area contributed by atoms with Crippen LogP contribution in [-0.4, -0.2) is 61.9 Å². The maximum atomic E-state index is 14.9. The van der Waals surface area contributed by atoms with Gasteiger partial charge in [-0.25, -0.2) is 4.79 Å². The van der Waals surface area contributed by atoms with Gasteiger partial charge < -0.3 is 19.6 Å². The fourth-order valence-corrected chi connectivity index (χ4v) is 7.39. The number of ether oxygens (including phenoxy) is 1. The van der Waals surface area contributed by atoms with Crippen molar-refractivity contribution in [2.45, 2.75) is 75.6 Å². The number of carboxylic acids is 1. The average Bonchev–Trinajstić information content (AvgIpc) is 3.49. The maximum absolute atomic E-state index is 14.9. The van der Waals surface area contributed by atoms with Crippen LogP contribution in [0.4, 0.5) is 26.3 Å². The number of nitrogens with zero attached hydrogens (tertiary/aromatic N) is 3. The molecular formula is C31H28BrF6N3O5S. The third kappa shape index (κ3) is 6.84. The van der Waals surface area contributed by atoms with Gasteiger partial charge in [-0.2, -0.15) is 26.3 Å². The van der Waals surface area contributed by atoms with E-state index in [1.807, 2.05) is 0 Å². The van der Waals surface area contributed by atoms with Crippen LogP contribution in [-0.2, 0) is 34.9 Å². The third-order valence-electron chi connectivity index (χ3n) is 8.36. The number of halogens is 7. The fourth-order valence-electron chi connectivity index (χ4n) is 6.30. The minimum absolute atomic E-state index is 0.00293. The lowest BCUT2D eigenvalue weighted by molar-refractivity contribution is -0.168. The highest BCUT2D eigenvalue weighted by atomic mass is 79.9. The summed E-state index contributed by atoms with van der Waals surface area (Å²) in [6.45, 7) is 1.41. The number of carboxylic acid groups (broad SMARTS) is 1. The maximum Gasteiger partial charge on any atom is 0.425 e. The number of amides is 2. The Hall–Kier alpha value is -3.66. The number of thiophene rings is 1. The van der Waals surface area contributed by atoms with E-state index in [-0.39, 0.29) is 50.9 Å². The zero-order chi connectivity index (χ0) is 34.3. The number of alkyl halides is 6. The number of aliphatic carboxylic acids is 1. The van der Waals surface area contributed by atoms with Crippen LogP contribution in [0, 0.1) is 0 Å². The van der Waals surface area contributed by atoms with Gasteiger partial charge in [0.25, 0.3) is 11.8 Å². The monoisotopic (exact) mass is 747 g/mol. The second-order valence-corrected chi connectivity index (χ2v) is 13.2. The van der Waals surface area contributed by atoms with Crippen LogP contribution in [0.2, 0.25) is 0 Å². The van der Waals surface area contributed by atoms with Gasteiger partial charge in [-0.15, -0.1) is 11.3 Å². The molecule has 0 aliphatic carbocycles. The highest BCUT2D eigenvalue weighted by molar-refractivity contribution is 9.10. The number of hydrogen-bond acceptors (Lipinski definition) is 6. The number of rotatable bonds is 7. The van der Waals surface area contributed by atoms with Crippen molar-refractivity contribution in [2.24, 2.45) is 0 Å². The average molecular weight is 749 g/mol. The van der Waals surface area contributed by atoms with E-state index in [2.05, 4.69) is 20.9 Å². The van der Waals surface area contributed by atoms with Crippen molar-refractivity contribution in [3.8, 4) is 5.75 Å². The molecule has 1 N–H and O–H groups in total. The minimum atomic E-state index is -4.94. The number of aromatic nitrogens is 1. The van der Waals surface area contributed by atoms with Gasteiger partial charge in [0.2, 0.25) is 5.60 Å². The largest absolute Gasteiger partial charge is 0.480 e. The molecule has 47 heavy (non-hydrogen) atoms. The molecule has 1 saturated heterocycles. The van der Waals surface area contributed by atoms with Gasteiger partial charge in [0.15, 0.2) is 0 Å². The SMILES string of the molecule is CCC[C@H]1N(C(=O)c2ncccc2C(F)(F)F)CCC[C@]1(Oc1csc(C(F)(F)F)c1)C(=O)N1Cc2ccc(Br)cc2C[C@@H]1C(=O)O. The number of carbonyl (C=O) groups is 3. The molecule has 3 aromatic rings. The Bertz CT molecular complexity index is 1680. The van der Waals surface area contributed by atoms with E-state index in [9.17, 15) is 45.8 Å². The molecule has 16 heteroatoms. The Morgan fingerprint density at radius 2 is 1.83 bits per heavy atom. The molecule has 252 valence electrons. The summed E-state index contributed by atoms with van der Waals surface area (Å²) in [7, 11) is 0. The Labute approximate surface area is 277 Å². The van der Waals surface area contributed by atoms with Gasteiger partial charge in [0.1, 0.15) is 22.4 Å². The van der Waals surface area contributed by atoms with Gasteiger partial charge in [0.05, 0.1) is 11.6 Å². The summed E-state index contributed by atoms with van der Waals surface area (Å²) < 4.78 is 89.5. The lowest BCUT2D eigenvalue weighted by atomic mass is 9.79. The molecule has 8 nitrogen and oxygen atoms in total. The number of likely N-dealkylation sites (tertiary alicyclic amines) is 1. The van der Waals surface area contributed by atoms with E-state index in [0.29, 0.717) is 39.1 Å². The summed E-state index contributed by atoms with van der Waals surface area (Å²) in [4.78, 5) is 46.2. The molecule has 0 spiro atoms. The first-order valence-electron chi connectivity index (χ1n) is 14.6. The normalized spacial score (nSPS) is 21.7. The molecule has 0 saturated carbocycles. The molecular weight excluding hydrogens is 720 g/mol. The Balaban J connectivity index is 1.65. The number of carbonyl (C=O) groups excluding carboxylic acids is 2. The van der Waals surface area contributed by atoms with Gasteiger partial charge in [-0.1, -0.05) is 35.3 Å². The highest BCUT2D eigenvalue weighted by Gasteiger charge is 2.57. The van der Waals surface area contributed by atoms with Crippen molar-refractivity contribution in [1.29, 1.82) is 0 Å². The van der Waals surface area contributed by atoms with E-state index in [4.69, 9.17) is 4.74 Å². The molecule has 2 aliphatic rings. The quantitative estimate of drug-likeness (QED) is 0.257. The number of benzene rings is 1. The summed E-state index contributed by atoms with van der Waals surface area (Å²) in [5, 5.41) is 11.3. The smallest absolute Gasteiger partial charge is 0.425 e. The van der Waals surface area contributed by atoms with Gasteiger partial charge in [-0.3, -0.25) is 14.6 Å². The molecule has 0 bridgehead atoms. The summed E-state index contributed by atoms with van der Waals surface area (Å²) >= 11 is 3.68. The van der Waals surface area contributed by atoms with E-state index in [1.54, 1.807) is 25.1 Å². The van der Waals surface area contributed by atoms with Crippen LogP contribution >= 0.6 is 27.3 Å². The molecule has 5 rings (SSSR count). The van der Waals surface area contributed by atoms with Crippen molar-refractivity contribution in [3.05, 3.63) is 79.7 Å². The molecule has 2 aromatic heterocycles. The minimum Gasteiger partial charge on any atom is -0.480 e. The molecule has 2 amide bonds. The summed E-state index contributed by atoms with van der Waals surface area (Å²) in [6, 6.07) is 4.91. The molecule has 1 aromatic carbocycles. The predicted octanol–water partition coefficient (Wildman–Crippen LogP) is 7.20. The van der Waals surface area contributed by atoms with Crippen LogP contribution < -0.4 is 4.74 Å². The first-order chi connectivity index (χ1) is 22.1. The zero-order valence-corrected chi connectivity index (χ0v) is 27.1. The Morgan fingerprint density at radius 1 is 1.09 bits per heavy atom. The van der Waals surface area contributed by atoms with Crippen molar-refractivity contribution < 1.29 is 50.6 Å². The molecule has 2 aliphatic heterocycles. The first kappa shape index (κ1) is 34.7. The molecule has 4 heterocycles. The standard InChI is InChI=1S/C31H28BrF6N3O5S/c1-2-5-23-29(46-20-14-24(47-16-20)31(36,37)38,9-4-11-40(23)26(42)25-21(30(33,34)35)6-3-10-39-25)28(45)41-15-17-7-8-19(32)12-18(17)13-22(41)27(43)44/h3,6-8,10,12,14,16,22-23H,2,4-5,9,11,13,15H2,1H3,(H,43,44)/t22-,23-,29-/m1/s1. The summed E-state index contributed by atoms with van der Waals surface area (Å²) in [6.07, 6.45) is -8.58. The summed E-state index contributed by atoms with van der Waals surface area (Å²) in [5.41, 5.74) is -3.05. The van der Waals surface area contributed by atoms with E-state index < -0.39 is 64.0 Å². The van der Waals surface area contributed by atoms with Crippen LogP contribution in [0.15, 0.2) is 52.4 Å². The van der Waals surface area contributed by atoms with Crippen LogP contribution in [0.25, 0.3) is 0 Å². The van der Waals surface area contributed by atoms with E-state index in [1.165, 1.54) is 0 Å². The van der Waals surface area contributed by atoms with Crippen LogP contribution in [0.5, 0.6) is 5.75 Å². The Kier molecular flexibility index (Phi) is 9.66. The van der Waals surface area contributed by atoms with Crippen LogP contribution in [0.1, 0.15) is 64.7 Å². The van der Waals surface area contributed by atoms with Crippen LogP contribution in [0.3, 0.4) is 0 Å². The van der Waals surface area contributed by atoms with E-state index >= 15 is 0 Å². The molecule has 3 atom stereocenters. The number of fused-ring (bicyclic) bond motifs is 1. The van der Waals surface area contributed by atoms with Crippen molar-refractivity contribution >= 4 is 45.1 Å². The number of piperidine rings is 1. The van der Waals surface area contributed by atoms with Crippen molar-refractivity contribution in [3.63, 3.8) is 0 Å². The van der Waals surface area contributed by atoms with Gasteiger partial charge >= 0.3 is 18.3 Å². The zero-order valence-electron chi connectivity index (χ0n) is 24.7. The second kappa shape index (κ2) is 13.1. The number of hydrogen-bond donors (Lipinski definition) is 1. The second-order valence-electron chi connectivity index (χ2n) is 11.3. The topological polar surface area (TPSA) is 100 Å². The lowest BCUT2D eigenvalue weighted by Gasteiger charge is -2.51. The molecule has 0 radical (unpaired) electrons. The highest BCUT2D eigenvalue weighted by Crippen LogP contribution is 2.43. The number of pyridine rings is 1. The van der Waals surface area contributed by atoms with E-state index in [0.717, 1.165) is 27.4 Å². The Morgan fingerprint density at radius 3 is 2.47 bits per heavy atom. The van der Waals surface area contributed by atoms with Crippen molar-refractivity contribution in [1.82, 2.24) is 14.8 Å². The molecule has 1 fully saturated rings. The van der Waals surface area contributed by atoms with Gasteiger partial charge in [0, 0.05) is 48.0 Å². The molecule has 0 unspecified atom stereocenters. The first-order valence-corrected chi connectivity index (χ1v) is 16.2. The third-order valence-corrected chi connectivity index (χ3v) is 9.81.